The van der Waals surface area contributed by atoms with Crippen molar-refractivity contribution in [2.24, 2.45) is 0 Å². The molecule has 1 rings (SSSR count). The van der Waals surface area contributed by atoms with Crippen LogP contribution in [0.5, 0.6) is 0 Å². The normalized spacial score (nSPS) is 12.5. The molecule has 1 aromatic rings. The molecule has 0 saturated heterocycles. The van der Waals surface area contributed by atoms with E-state index in [9.17, 15) is 4.79 Å². The summed E-state index contributed by atoms with van der Waals surface area (Å²) in [6, 6.07) is 0. The maximum Gasteiger partial charge on any atom is 0.319 e. The van der Waals surface area contributed by atoms with Crippen LogP contribution in [-0.4, -0.2) is 28.0 Å². The van der Waals surface area contributed by atoms with E-state index in [2.05, 4.69) is 10.2 Å². The molecule has 0 aromatic carbocycles. The minimum Gasteiger partial charge on any atom is -0.465 e. The van der Waals surface area contributed by atoms with Gasteiger partial charge < -0.3 is 4.74 Å². The fraction of sp³-hybridized carbons (Fsp3) is 0.625. The van der Waals surface area contributed by atoms with Gasteiger partial charge >= 0.3 is 5.97 Å². The lowest BCUT2D eigenvalue weighted by Gasteiger charge is -2.06. The smallest absolute Gasteiger partial charge is 0.319 e. The van der Waals surface area contributed by atoms with Crippen LogP contribution in [0.25, 0.3) is 0 Å². The van der Waals surface area contributed by atoms with Gasteiger partial charge in [-0.3, -0.25) is 4.79 Å². The first-order valence-corrected chi connectivity index (χ1v) is 5.96. The fourth-order valence-electron chi connectivity index (χ4n) is 0.785. The first kappa shape index (κ1) is 11.5. The van der Waals surface area contributed by atoms with Gasteiger partial charge in [0.05, 0.1) is 6.61 Å². The second kappa shape index (κ2) is 5.31. The minimum atomic E-state index is -0.220. The highest BCUT2D eigenvalue weighted by atomic mass is 32.2. The molecule has 0 unspecified atom stereocenters. The van der Waals surface area contributed by atoms with Crippen LogP contribution in [0.1, 0.15) is 18.9 Å². The third-order valence-electron chi connectivity index (χ3n) is 1.40. The van der Waals surface area contributed by atoms with Crippen LogP contribution < -0.4 is 0 Å². The first-order chi connectivity index (χ1) is 6.63. The minimum absolute atomic E-state index is 0.203. The molecule has 14 heavy (non-hydrogen) atoms. The number of aryl methyl sites for hydroxylation is 1. The lowest BCUT2D eigenvalue weighted by molar-refractivity contribution is -0.142. The topological polar surface area (TPSA) is 52.1 Å². The Morgan fingerprint density at radius 1 is 1.64 bits per heavy atom. The van der Waals surface area contributed by atoms with Crippen LogP contribution in [0.15, 0.2) is 4.34 Å². The zero-order valence-electron chi connectivity index (χ0n) is 8.31. The molecule has 1 atom stereocenters. The van der Waals surface area contributed by atoms with Crippen molar-refractivity contribution in [2.45, 2.75) is 30.4 Å². The maximum atomic E-state index is 11.3. The second-order valence-electron chi connectivity index (χ2n) is 2.60. The van der Waals surface area contributed by atoms with Crippen LogP contribution in [0.4, 0.5) is 0 Å². The average Bonchev–Trinajstić information content (AvgIpc) is 2.51. The highest BCUT2D eigenvalue weighted by Crippen LogP contribution is 2.26. The van der Waals surface area contributed by atoms with Gasteiger partial charge in [0.2, 0.25) is 0 Å². The van der Waals surface area contributed by atoms with Gasteiger partial charge in [0.1, 0.15) is 10.3 Å². The second-order valence-corrected chi connectivity index (χ2v) is 5.37. The fourth-order valence-corrected chi connectivity index (χ4v) is 2.74. The van der Waals surface area contributed by atoms with E-state index in [1.54, 1.807) is 13.8 Å². The summed E-state index contributed by atoms with van der Waals surface area (Å²) in [5, 5.41) is 8.48. The maximum absolute atomic E-state index is 11.3. The van der Waals surface area contributed by atoms with E-state index < -0.39 is 0 Å². The van der Waals surface area contributed by atoms with Crippen molar-refractivity contribution in [1.82, 2.24) is 10.2 Å². The highest BCUT2D eigenvalue weighted by molar-refractivity contribution is 8.02. The lowest BCUT2D eigenvalue weighted by Crippen LogP contribution is -2.16. The van der Waals surface area contributed by atoms with Gasteiger partial charge in [0.15, 0.2) is 4.34 Å². The monoisotopic (exact) mass is 232 g/mol. The summed E-state index contributed by atoms with van der Waals surface area (Å²) in [4.78, 5) is 11.3. The number of nitrogens with zero attached hydrogens (tertiary/aromatic N) is 2. The SMILES string of the molecule is CCOC(=O)[C@@H](C)Sc1nnc(C)s1. The Morgan fingerprint density at radius 2 is 2.36 bits per heavy atom. The van der Waals surface area contributed by atoms with Crippen LogP contribution in [0, 0.1) is 6.92 Å². The Labute approximate surface area is 91.1 Å². The summed E-state index contributed by atoms with van der Waals surface area (Å²) >= 11 is 2.87. The zero-order chi connectivity index (χ0) is 10.6. The van der Waals surface area contributed by atoms with Gasteiger partial charge in [-0.1, -0.05) is 23.1 Å². The number of hydrogen-bond donors (Lipinski definition) is 0. The Bertz CT molecular complexity index is 314. The van der Waals surface area contributed by atoms with E-state index in [0.717, 1.165) is 9.35 Å². The van der Waals surface area contributed by atoms with Crippen molar-refractivity contribution in [2.75, 3.05) is 6.61 Å². The number of thioether (sulfide) groups is 1. The summed E-state index contributed by atoms with van der Waals surface area (Å²) < 4.78 is 5.69. The van der Waals surface area contributed by atoms with Crippen molar-refractivity contribution < 1.29 is 9.53 Å². The summed E-state index contributed by atoms with van der Waals surface area (Å²) in [5.41, 5.74) is 0. The molecule has 4 nitrogen and oxygen atoms in total. The molecule has 0 N–H and O–H groups in total. The summed E-state index contributed by atoms with van der Waals surface area (Å²) in [5.74, 6) is -0.203. The number of carbonyl (C=O) groups excluding carboxylic acids is 1. The summed E-state index contributed by atoms with van der Waals surface area (Å²) in [7, 11) is 0. The number of ether oxygens (including phenoxy) is 1. The van der Waals surface area contributed by atoms with Crippen molar-refractivity contribution >= 4 is 29.1 Å². The summed E-state index contributed by atoms with van der Waals surface area (Å²) in [6.07, 6.45) is 0. The first-order valence-electron chi connectivity index (χ1n) is 4.27. The van der Waals surface area contributed by atoms with Crippen molar-refractivity contribution in [3.8, 4) is 0 Å². The lowest BCUT2D eigenvalue weighted by atomic mass is 10.5. The van der Waals surface area contributed by atoms with E-state index in [1.807, 2.05) is 6.92 Å². The van der Waals surface area contributed by atoms with Crippen molar-refractivity contribution in [1.29, 1.82) is 0 Å². The van der Waals surface area contributed by atoms with E-state index in [0.29, 0.717) is 6.61 Å². The predicted octanol–water partition coefficient (Wildman–Crippen LogP) is 1.89. The number of rotatable bonds is 4. The van der Waals surface area contributed by atoms with Crippen LogP contribution in [0.3, 0.4) is 0 Å². The average molecular weight is 232 g/mol. The van der Waals surface area contributed by atoms with E-state index in [-0.39, 0.29) is 11.2 Å². The Hall–Kier alpha value is -0.620. The molecule has 0 aliphatic carbocycles. The van der Waals surface area contributed by atoms with Crippen LogP contribution in [-0.2, 0) is 9.53 Å². The molecule has 0 spiro atoms. The van der Waals surface area contributed by atoms with Gasteiger partial charge in [-0.05, 0) is 20.8 Å². The molecule has 0 bridgehead atoms. The molecule has 0 aliphatic rings. The highest BCUT2D eigenvalue weighted by Gasteiger charge is 2.17. The molecule has 0 amide bonds. The molecular formula is C8H12N2O2S2. The van der Waals surface area contributed by atoms with Gasteiger partial charge in [0.25, 0.3) is 0 Å². The molecule has 1 heterocycles. The third kappa shape index (κ3) is 3.26. The van der Waals surface area contributed by atoms with Gasteiger partial charge in [-0.25, -0.2) is 0 Å². The van der Waals surface area contributed by atoms with Crippen LogP contribution >= 0.6 is 23.1 Å². The van der Waals surface area contributed by atoms with Gasteiger partial charge in [0, 0.05) is 0 Å². The molecule has 0 fully saturated rings. The molecule has 1 aromatic heterocycles. The number of esters is 1. The quantitative estimate of drug-likeness (QED) is 0.586. The molecule has 78 valence electrons. The van der Waals surface area contributed by atoms with Gasteiger partial charge in [-0.2, -0.15) is 0 Å². The van der Waals surface area contributed by atoms with E-state index in [1.165, 1.54) is 23.1 Å². The van der Waals surface area contributed by atoms with E-state index >= 15 is 0 Å². The van der Waals surface area contributed by atoms with Crippen LogP contribution in [0.2, 0.25) is 0 Å². The molecule has 0 aliphatic heterocycles. The molecular weight excluding hydrogens is 220 g/mol. The largest absolute Gasteiger partial charge is 0.465 e. The number of aromatic nitrogens is 2. The van der Waals surface area contributed by atoms with Crippen molar-refractivity contribution in [3.05, 3.63) is 5.01 Å². The third-order valence-corrected chi connectivity index (χ3v) is 3.40. The standard InChI is InChI=1S/C8H12N2O2S2/c1-4-12-7(11)5(2)13-8-10-9-6(3)14-8/h5H,4H2,1-3H3/t5-/m1/s1. The predicted molar refractivity (Wildman–Crippen MR) is 56.6 cm³/mol. The van der Waals surface area contributed by atoms with E-state index in [4.69, 9.17) is 4.74 Å². The number of carbonyl (C=O) groups is 1. The zero-order valence-corrected chi connectivity index (χ0v) is 9.94. The Morgan fingerprint density at radius 3 is 2.86 bits per heavy atom. The molecule has 0 radical (unpaired) electrons. The summed E-state index contributed by atoms with van der Waals surface area (Å²) in [6.45, 7) is 5.90. The van der Waals surface area contributed by atoms with Crippen molar-refractivity contribution in [3.63, 3.8) is 0 Å². The number of hydrogen-bond acceptors (Lipinski definition) is 6. The Kier molecular flexibility index (Phi) is 4.34. The van der Waals surface area contributed by atoms with Gasteiger partial charge in [-0.15, -0.1) is 10.2 Å². The molecule has 6 heteroatoms. The molecule has 0 saturated carbocycles. The Balaban J connectivity index is 2.48.